The van der Waals surface area contributed by atoms with Gasteiger partial charge in [-0.1, -0.05) is 72.8 Å². The predicted octanol–water partition coefficient (Wildman–Crippen LogP) is 9.61. The molecule has 0 radical (unpaired) electrons. The first-order valence-electron chi connectivity index (χ1n) is 21.8. The molecule has 60 heavy (non-hydrogen) atoms. The van der Waals surface area contributed by atoms with Gasteiger partial charge in [0.25, 0.3) is 0 Å². The van der Waals surface area contributed by atoms with E-state index in [9.17, 15) is 19.8 Å². The Labute approximate surface area is 359 Å². The minimum atomic E-state index is -0.560. The molecule has 10 heteroatoms. The summed E-state index contributed by atoms with van der Waals surface area (Å²) in [6, 6.07) is 33.0. The zero-order valence-electron chi connectivity index (χ0n) is 37.2. The van der Waals surface area contributed by atoms with Crippen LogP contribution < -0.4 is 20.1 Å². The Morgan fingerprint density at radius 2 is 0.883 bits per heavy atom. The van der Waals surface area contributed by atoms with Crippen LogP contribution in [-0.2, 0) is 13.2 Å². The maximum atomic E-state index is 13.2. The number of aliphatic hydroxyl groups excluding tert-OH is 2. The van der Waals surface area contributed by atoms with E-state index < -0.39 is 12.2 Å². The number of nitrogens with zero attached hydrogens (tertiary/aromatic N) is 2. The Morgan fingerprint density at radius 3 is 1.20 bits per heavy atom. The van der Waals surface area contributed by atoms with Crippen molar-refractivity contribution in [2.24, 2.45) is 0 Å². The molecule has 0 saturated heterocycles. The summed E-state index contributed by atoms with van der Waals surface area (Å²) in [5.41, 5.74) is 5.45. The molecule has 0 aliphatic rings. The number of nitrogens with one attached hydrogen (secondary N) is 2. The fraction of sp³-hybridized carbons (Fsp3) is 0.480. The Balaban J connectivity index is 1.36. The van der Waals surface area contributed by atoms with Gasteiger partial charge in [0.15, 0.2) is 0 Å². The molecule has 0 aliphatic heterocycles. The van der Waals surface area contributed by atoms with Crippen molar-refractivity contribution in [1.82, 2.24) is 20.4 Å². The normalized spacial score (nSPS) is 12.7. The second kappa shape index (κ2) is 24.5. The molecular formula is C50H70N4O6. The number of carbonyl (C=O) groups excluding carboxylic acids is 2. The topological polar surface area (TPSA) is 124 Å². The number of carbonyl (C=O) groups is 2. The predicted molar refractivity (Wildman–Crippen MR) is 242 cm³/mol. The summed E-state index contributed by atoms with van der Waals surface area (Å²) in [4.78, 5) is 31.2. The van der Waals surface area contributed by atoms with E-state index in [0.717, 1.165) is 59.3 Å². The first-order chi connectivity index (χ1) is 28.8. The third kappa shape index (κ3) is 14.5. The van der Waals surface area contributed by atoms with E-state index in [1.165, 1.54) is 0 Å². The van der Waals surface area contributed by atoms with Gasteiger partial charge in [-0.05, 0) is 141 Å². The van der Waals surface area contributed by atoms with Gasteiger partial charge in [0, 0.05) is 60.2 Å². The van der Waals surface area contributed by atoms with E-state index in [1.54, 1.807) is 24.3 Å². The maximum Gasteiger partial charge on any atom is 0.412 e. The SMILES string of the molecule is CC(C)N(CCC(c1ccccc1)c1cc(CO)ccc1OC(=O)NCCCCNC(=O)Oc1ccc(CO)cc1C(CCN(C(C)C)C(C)C)c1ccccc1)C(C)C. The van der Waals surface area contributed by atoms with E-state index in [2.05, 4.69) is 100 Å². The van der Waals surface area contributed by atoms with Crippen LogP contribution in [0.25, 0.3) is 0 Å². The standard InChI is InChI=1S/C50H70N4O6/c1-35(2)53(36(3)4)29-25-43(41-17-11-9-12-18-41)45-31-39(33-55)21-23-47(45)59-49(57)51-27-15-16-28-52-50(58)60-48-24-22-40(34-56)32-46(48)44(42-19-13-10-14-20-42)26-30-54(37(5)6)38(7)8/h9-14,17-24,31-32,35-38,43-44,55-56H,15-16,25-30,33-34H2,1-8H3,(H,51,57)(H,52,58). The van der Waals surface area contributed by atoms with Gasteiger partial charge in [0.05, 0.1) is 13.2 Å². The van der Waals surface area contributed by atoms with Gasteiger partial charge >= 0.3 is 12.2 Å². The third-order valence-corrected chi connectivity index (χ3v) is 11.2. The first kappa shape index (κ1) is 47.9. The highest BCUT2D eigenvalue weighted by molar-refractivity contribution is 5.72. The molecule has 4 N–H and O–H groups in total. The number of benzene rings is 4. The summed E-state index contributed by atoms with van der Waals surface area (Å²) in [7, 11) is 0. The highest BCUT2D eigenvalue weighted by Gasteiger charge is 2.25. The van der Waals surface area contributed by atoms with E-state index in [1.807, 2.05) is 48.5 Å². The maximum absolute atomic E-state index is 13.2. The second-order valence-corrected chi connectivity index (χ2v) is 16.8. The van der Waals surface area contributed by atoms with Crippen LogP contribution in [0.3, 0.4) is 0 Å². The molecule has 0 aliphatic carbocycles. The molecule has 2 atom stereocenters. The molecule has 4 aromatic rings. The Bertz CT molecular complexity index is 1730. The van der Waals surface area contributed by atoms with Crippen LogP contribution >= 0.6 is 0 Å². The molecule has 326 valence electrons. The largest absolute Gasteiger partial charge is 0.412 e. The summed E-state index contributed by atoms with van der Waals surface area (Å²) in [5, 5.41) is 25.8. The van der Waals surface area contributed by atoms with Gasteiger partial charge in [-0.25, -0.2) is 9.59 Å². The Kier molecular flexibility index (Phi) is 19.6. The van der Waals surface area contributed by atoms with E-state index >= 15 is 0 Å². The van der Waals surface area contributed by atoms with Crippen LogP contribution in [-0.4, -0.2) is 82.5 Å². The van der Waals surface area contributed by atoms with Crippen molar-refractivity contribution in [2.45, 2.75) is 130 Å². The van der Waals surface area contributed by atoms with Gasteiger partial charge in [0.2, 0.25) is 0 Å². The lowest BCUT2D eigenvalue weighted by Gasteiger charge is -2.32. The summed E-state index contributed by atoms with van der Waals surface area (Å²) in [6.07, 6.45) is 1.70. The molecule has 0 aromatic heterocycles. The average Bonchev–Trinajstić information content (AvgIpc) is 3.23. The van der Waals surface area contributed by atoms with Crippen molar-refractivity contribution in [2.75, 3.05) is 26.2 Å². The van der Waals surface area contributed by atoms with Gasteiger partial charge in [0.1, 0.15) is 11.5 Å². The number of hydrogen-bond donors (Lipinski definition) is 4. The third-order valence-electron chi connectivity index (χ3n) is 11.2. The van der Waals surface area contributed by atoms with Crippen LogP contribution in [0.15, 0.2) is 97.1 Å². The first-order valence-corrected chi connectivity index (χ1v) is 21.8. The van der Waals surface area contributed by atoms with Crippen molar-refractivity contribution in [3.63, 3.8) is 0 Å². The van der Waals surface area contributed by atoms with Gasteiger partial charge in [-0.2, -0.15) is 0 Å². The van der Waals surface area contributed by atoms with Crippen LogP contribution in [0.2, 0.25) is 0 Å². The number of rotatable bonds is 23. The molecule has 2 unspecified atom stereocenters. The van der Waals surface area contributed by atoms with Crippen molar-refractivity contribution in [3.05, 3.63) is 130 Å². The molecule has 0 fully saturated rings. The van der Waals surface area contributed by atoms with Gasteiger partial charge in [-0.3, -0.25) is 9.80 Å². The fourth-order valence-corrected chi connectivity index (χ4v) is 8.18. The summed E-state index contributed by atoms with van der Waals surface area (Å²) >= 11 is 0. The highest BCUT2D eigenvalue weighted by Crippen LogP contribution is 2.37. The molecule has 2 amide bonds. The Hall–Kier alpha value is -4.74. The number of amides is 2. The van der Waals surface area contributed by atoms with Crippen molar-refractivity contribution in [3.8, 4) is 11.5 Å². The van der Waals surface area contributed by atoms with Crippen molar-refractivity contribution >= 4 is 12.2 Å². The van der Waals surface area contributed by atoms with Gasteiger partial charge < -0.3 is 30.3 Å². The number of hydrogen-bond acceptors (Lipinski definition) is 8. The quantitative estimate of drug-likeness (QED) is 0.0546. The van der Waals surface area contributed by atoms with Crippen LogP contribution in [0, 0.1) is 0 Å². The van der Waals surface area contributed by atoms with E-state index in [-0.39, 0.29) is 25.0 Å². The second-order valence-electron chi connectivity index (χ2n) is 16.8. The lowest BCUT2D eigenvalue weighted by molar-refractivity contribution is 0.170. The molecule has 0 bridgehead atoms. The van der Waals surface area contributed by atoms with Gasteiger partial charge in [-0.15, -0.1) is 0 Å². The smallest absolute Gasteiger partial charge is 0.410 e. The molecular weight excluding hydrogens is 753 g/mol. The average molecular weight is 823 g/mol. The molecule has 0 saturated carbocycles. The molecule has 0 spiro atoms. The molecule has 4 aromatic carbocycles. The van der Waals surface area contributed by atoms with Crippen LogP contribution in [0.4, 0.5) is 9.59 Å². The number of aliphatic hydroxyl groups is 2. The zero-order chi connectivity index (χ0) is 43.6. The zero-order valence-corrected chi connectivity index (χ0v) is 37.2. The highest BCUT2D eigenvalue weighted by atomic mass is 16.6. The van der Waals surface area contributed by atoms with Crippen LogP contribution in [0.1, 0.15) is 126 Å². The summed E-state index contributed by atoms with van der Waals surface area (Å²) in [6.45, 7) is 19.8. The molecule has 4 rings (SSSR count). The fourth-order valence-electron chi connectivity index (χ4n) is 8.18. The number of unbranched alkanes of at least 4 members (excludes halogenated alkanes) is 1. The van der Waals surface area contributed by atoms with Crippen molar-refractivity contribution < 1.29 is 29.3 Å². The Morgan fingerprint density at radius 1 is 0.533 bits per heavy atom. The van der Waals surface area contributed by atoms with Crippen molar-refractivity contribution in [1.29, 1.82) is 0 Å². The minimum absolute atomic E-state index is 0.0561. The number of ether oxygens (including phenoxy) is 2. The van der Waals surface area contributed by atoms with E-state index in [4.69, 9.17) is 9.47 Å². The summed E-state index contributed by atoms with van der Waals surface area (Å²) in [5.74, 6) is 0.807. The monoisotopic (exact) mass is 823 g/mol. The molecule has 0 heterocycles. The molecule has 10 nitrogen and oxygen atoms in total. The van der Waals surface area contributed by atoms with Crippen LogP contribution in [0.5, 0.6) is 11.5 Å². The minimum Gasteiger partial charge on any atom is -0.410 e. The summed E-state index contributed by atoms with van der Waals surface area (Å²) < 4.78 is 11.9. The van der Waals surface area contributed by atoms with E-state index in [0.29, 0.717) is 61.6 Å². The lowest BCUT2D eigenvalue weighted by Crippen LogP contribution is -2.38. The lowest BCUT2D eigenvalue weighted by atomic mass is 9.86.